The maximum Gasteiger partial charge on any atom is 0.131 e. The van der Waals surface area contributed by atoms with Crippen LogP contribution in [0.25, 0.3) is 0 Å². The molecule has 1 atom stereocenters. The first kappa shape index (κ1) is 17.4. The second kappa shape index (κ2) is 7.66. The molecule has 0 amide bonds. The molecule has 1 aromatic heterocycles. The molecule has 2 aromatic rings. The zero-order valence-corrected chi connectivity index (χ0v) is 15.1. The zero-order valence-electron chi connectivity index (χ0n) is 14.3. The molecule has 130 valence electrons. The first-order chi connectivity index (χ1) is 11.5. The van der Waals surface area contributed by atoms with Gasteiger partial charge in [-0.1, -0.05) is 41.9 Å². The Morgan fingerprint density at radius 2 is 1.75 bits per heavy atom. The standard InChI is InChI=1S/C18H25ClN4O/c1-14-16(18(19)21(2)20-14)12-22-8-10-23(11-9-22)13-17(24)15-6-4-3-5-7-15/h3-7,17,24H,8-13H2,1-2H3/t17-/m0/s1. The highest BCUT2D eigenvalue weighted by molar-refractivity contribution is 6.30. The van der Waals surface area contributed by atoms with E-state index in [0.717, 1.165) is 54.7 Å². The van der Waals surface area contributed by atoms with Gasteiger partial charge in [0, 0.05) is 51.9 Å². The second-order valence-corrected chi connectivity index (χ2v) is 6.84. The fourth-order valence-electron chi connectivity index (χ4n) is 3.23. The number of hydrogen-bond donors (Lipinski definition) is 1. The molecule has 2 heterocycles. The van der Waals surface area contributed by atoms with Gasteiger partial charge >= 0.3 is 0 Å². The fraction of sp³-hybridized carbons (Fsp3) is 0.500. The number of rotatable bonds is 5. The number of aliphatic hydroxyl groups is 1. The molecule has 24 heavy (non-hydrogen) atoms. The van der Waals surface area contributed by atoms with Gasteiger partial charge in [-0.15, -0.1) is 0 Å². The SMILES string of the molecule is Cc1nn(C)c(Cl)c1CN1CCN(C[C@H](O)c2ccccc2)CC1. The first-order valence-corrected chi connectivity index (χ1v) is 8.78. The van der Waals surface area contributed by atoms with Crippen LogP contribution in [0.2, 0.25) is 5.15 Å². The summed E-state index contributed by atoms with van der Waals surface area (Å²) in [4.78, 5) is 4.73. The van der Waals surface area contributed by atoms with Crippen LogP contribution in [0.3, 0.4) is 0 Å². The number of β-amino-alcohol motifs (C(OH)–C–C–N with tert-alkyl or cyclic N) is 1. The molecule has 0 spiro atoms. The number of piperazine rings is 1. The highest BCUT2D eigenvalue weighted by Crippen LogP contribution is 2.21. The van der Waals surface area contributed by atoms with E-state index in [9.17, 15) is 5.11 Å². The lowest BCUT2D eigenvalue weighted by atomic mass is 10.1. The molecular weight excluding hydrogens is 324 g/mol. The summed E-state index contributed by atoms with van der Waals surface area (Å²) in [6.45, 7) is 7.41. The molecule has 0 bridgehead atoms. The number of nitrogens with zero attached hydrogens (tertiary/aromatic N) is 4. The van der Waals surface area contributed by atoms with E-state index in [0.29, 0.717) is 6.54 Å². The van der Waals surface area contributed by atoms with Crippen molar-refractivity contribution >= 4 is 11.6 Å². The smallest absolute Gasteiger partial charge is 0.131 e. The molecule has 5 nitrogen and oxygen atoms in total. The fourth-order valence-corrected chi connectivity index (χ4v) is 3.47. The molecule has 1 fully saturated rings. The third-order valence-corrected chi connectivity index (χ3v) is 5.20. The zero-order chi connectivity index (χ0) is 17.1. The predicted octanol–water partition coefficient (Wildman–Crippen LogP) is 2.23. The van der Waals surface area contributed by atoms with Crippen LogP contribution < -0.4 is 0 Å². The van der Waals surface area contributed by atoms with Gasteiger partial charge < -0.3 is 5.11 Å². The summed E-state index contributed by atoms with van der Waals surface area (Å²) in [7, 11) is 1.88. The molecule has 0 unspecified atom stereocenters. The van der Waals surface area contributed by atoms with E-state index in [-0.39, 0.29) is 0 Å². The van der Waals surface area contributed by atoms with E-state index in [1.807, 2.05) is 44.3 Å². The normalized spacial score (nSPS) is 18.0. The third kappa shape index (κ3) is 3.98. The number of aliphatic hydroxyl groups excluding tert-OH is 1. The van der Waals surface area contributed by atoms with Crippen molar-refractivity contribution in [3.8, 4) is 0 Å². The van der Waals surface area contributed by atoms with Gasteiger partial charge in [-0.2, -0.15) is 5.10 Å². The summed E-state index contributed by atoms with van der Waals surface area (Å²) in [6, 6.07) is 9.87. The molecule has 6 heteroatoms. The highest BCUT2D eigenvalue weighted by Gasteiger charge is 2.22. The number of aromatic nitrogens is 2. The van der Waals surface area contributed by atoms with Crippen LogP contribution in [0.1, 0.15) is 22.9 Å². The van der Waals surface area contributed by atoms with Gasteiger partial charge in [0.2, 0.25) is 0 Å². The Labute approximate surface area is 148 Å². The molecule has 1 aromatic carbocycles. The number of halogens is 1. The summed E-state index contributed by atoms with van der Waals surface area (Å²) >= 11 is 6.33. The summed E-state index contributed by atoms with van der Waals surface area (Å²) in [5.74, 6) is 0. The lowest BCUT2D eigenvalue weighted by Crippen LogP contribution is -2.47. The second-order valence-electron chi connectivity index (χ2n) is 6.48. The Morgan fingerprint density at radius 3 is 2.33 bits per heavy atom. The van der Waals surface area contributed by atoms with Gasteiger partial charge in [-0.05, 0) is 12.5 Å². The molecule has 0 saturated carbocycles. The summed E-state index contributed by atoms with van der Waals surface area (Å²) in [6.07, 6.45) is -0.423. The van der Waals surface area contributed by atoms with E-state index in [1.54, 1.807) is 4.68 Å². The Bertz CT molecular complexity index is 665. The Balaban J connectivity index is 1.51. The molecule has 3 rings (SSSR count). The molecular formula is C18H25ClN4O. The monoisotopic (exact) mass is 348 g/mol. The number of aryl methyl sites for hydroxylation is 2. The van der Waals surface area contributed by atoms with Gasteiger partial charge in [0.25, 0.3) is 0 Å². The average Bonchev–Trinajstić information content (AvgIpc) is 2.83. The van der Waals surface area contributed by atoms with Crippen molar-refractivity contribution in [1.82, 2.24) is 19.6 Å². The minimum atomic E-state index is -0.423. The molecule has 1 aliphatic heterocycles. The van der Waals surface area contributed by atoms with Crippen molar-refractivity contribution in [3.63, 3.8) is 0 Å². The van der Waals surface area contributed by atoms with Gasteiger partial charge in [-0.25, -0.2) is 0 Å². The van der Waals surface area contributed by atoms with Crippen molar-refractivity contribution in [2.75, 3.05) is 32.7 Å². The topological polar surface area (TPSA) is 44.5 Å². The van der Waals surface area contributed by atoms with Crippen molar-refractivity contribution in [1.29, 1.82) is 0 Å². The van der Waals surface area contributed by atoms with Crippen LogP contribution in [-0.4, -0.2) is 57.4 Å². The maximum atomic E-state index is 10.4. The van der Waals surface area contributed by atoms with E-state index in [1.165, 1.54) is 0 Å². The molecule has 0 aliphatic carbocycles. The van der Waals surface area contributed by atoms with Crippen LogP contribution in [0.5, 0.6) is 0 Å². The summed E-state index contributed by atoms with van der Waals surface area (Å²) < 4.78 is 1.73. The maximum absolute atomic E-state index is 10.4. The quantitative estimate of drug-likeness (QED) is 0.900. The van der Waals surface area contributed by atoms with Crippen molar-refractivity contribution in [2.24, 2.45) is 7.05 Å². The van der Waals surface area contributed by atoms with Crippen LogP contribution in [0.4, 0.5) is 0 Å². The highest BCUT2D eigenvalue weighted by atomic mass is 35.5. The Morgan fingerprint density at radius 1 is 1.12 bits per heavy atom. The summed E-state index contributed by atoms with van der Waals surface area (Å²) in [5.41, 5.74) is 3.11. The van der Waals surface area contributed by atoms with E-state index >= 15 is 0 Å². The molecule has 1 N–H and O–H groups in total. The van der Waals surface area contributed by atoms with Gasteiger partial charge in [-0.3, -0.25) is 14.5 Å². The van der Waals surface area contributed by atoms with Crippen molar-refractivity contribution in [2.45, 2.75) is 19.6 Å². The van der Waals surface area contributed by atoms with E-state index in [4.69, 9.17) is 11.6 Å². The summed E-state index contributed by atoms with van der Waals surface area (Å²) in [5, 5.41) is 15.5. The largest absolute Gasteiger partial charge is 0.387 e. The van der Waals surface area contributed by atoms with Crippen LogP contribution >= 0.6 is 11.6 Å². The van der Waals surface area contributed by atoms with E-state index in [2.05, 4.69) is 14.9 Å². The predicted molar refractivity (Wildman–Crippen MR) is 96.1 cm³/mol. The first-order valence-electron chi connectivity index (χ1n) is 8.40. The number of benzene rings is 1. The molecule has 0 radical (unpaired) electrons. The van der Waals surface area contributed by atoms with Crippen molar-refractivity contribution < 1.29 is 5.11 Å². The van der Waals surface area contributed by atoms with Crippen LogP contribution in [0.15, 0.2) is 30.3 Å². The van der Waals surface area contributed by atoms with Crippen molar-refractivity contribution in [3.05, 3.63) is 52.3 Å². The minimum Gasteiger partial charge on any atom is -0.387 e. The van der Waals surface area contributed by atoms with Crippen LogP contribution in [-0.2, 0) is 13.6 Å². The van der Waals surface area contributed by atoms with Crippen LogP contribution in [0, 0.1) is 6.92 Å². The Hall–Kier alpha value is -1.40. The van der Waals surface area contributed by atoms with Gasteiger partial charge in [0.05, 0.1) is 11.8 Å². The average molecular weight is 349 g/mol. The third-order valence-electron chi connectivity index (χ3n) is 4.73. The Kier molecular flexibility index (Phi) is 5.56. The lowest BCUT2D eigenvalue weighted by molar-refractivity contribution is 0.0700. The van der Waals surface area contributed by atoms with Gasteiger partial charge in [0.15, 0.2) is 0 Å². The lowest BCUT2D eigenvalue weighted by Gasteiger charge is -2.35. The van der Waals surface area contributed by atoms with E-state index < -0.39 is 6.10 Å². The van der Waals surface area contributed by atoms with Gasteiger partial charge in [0.1, 0.15) is 5.15 Å². The molecule has 1 saturated heterocycles. The molecule has 1 aliphatic rings. The number of hydrogen-bond acceptors (Lipinski definition) is 4. The minimum absolute atomic E-state index is 0.423.